The first-order valence-corrected chi connectivity index (χ1v) is 11.6. The minimum Gasteiger partial charge on any atom is -0.454 e. The number of hydrogen-bond donors (Lipinski definition) is 0. The predicted octanol–water partition coefficient (Wildman–Crippen LogP) is 5.02. The maximum absolute atomic E-state index is 13.5. The van der Waals surface area contributed by atoms with Crippen molar-refractivity contribution >= 4 is 17.5 Å². The number of carbonyl (C=O) groups excluding carboxylic acids is 2. The van der Waals surface area contributed by atoms with Crippen LogP contribution in [0.4, 0.5) is 17.6 Å². The first-order valence-electron chi connectivity index (χ1n) is 11.6. The van der Waals surface area contributed by atoms with Crippen molar-refractivity contribution < 1.29 is 36.6 Å². The molecular weight excluding hydrogens is 506 g/mol. The third kappa shape index (κ3) is 5.04. The number of carbonyl (C=O) groups is 2. The number of likely N-dealkylation sites (N-methyl/N-ethyl adjacent to an activating group) is 1. The number of hydrazone groups is 1. The van der Waals surface area contributed by atoms with Gasteiger partial charge in [-0.15, -0.1) is 0 Å². The summed E-state index contributed by atoms with van der Waals surface area (Å²) in [6.07, 6.45) is -4.20. The maximum atomic E-state index is 13.5. The van der Waals surface area contributed by atoms with E-state index in [2.05, 4.69) is 5.10 Å². The number of benzene rings is 3. The number of fused-ring (bicyclic) bond motifs is 1. The summed E-state index contributed by atoms with van der Waals surface area (Å²) in [4.78, 5) is 27.3. The fourth-order valence-corrected chi connectivity index (χ4v) is 4.31. The molecule has 196 valence electrons. The average Bonchev–Trinajstić information content (AvgIpc) is 3.55. The summed E-state index contributed by atoms with van der Waals surface area (Å²) in [6.45, 7) is -0.290. The van der Waals surface area contributed by atoms with E-state index in [1.54, 1.807) is 30.3 Å². The Balaban J connectivity index is 1.38. The zero-order chi connectivity index (χ0) is 27.0. The summed E-state index contributed by atoms with van der Waals surface area (Å²) in [6, 6.07) is 14.3. The van der Waals surface area contributed by atoms with Gasteiger partial charge in [0.15, 0.2) is 11.5 Å². The van der Waals surface area contributed by atoms with E-state index < -0.39 is 35.4 Å². The summed E-state index contributed by atoms with van der Waals surface area (Å²) in [5.41, 5.74) is 1.05. The van der Waals surface area contributed by atoms with Crippen molar-refractivity contribution in [2.75, 3.05) is 20.4 Å². The van der Waals surface area contributed by atoms with Crippen molar-refractivity contribution in [3.8, 4) is 11.5 Å². The van der Waals surface area contributed by atoms with Crippen LogP contribution in [0.3, 0.4) is 0 Å². The zero-order valence-corrected chi connectivity index (χ0v) is 20.0. The number of amides is 2. The number of hydrogen-bond acceptors (Lipinski definition) is 5. The molecule has 0 saturated carbocycles. The van der Waals surface area contributed by atoms with E-state index in [0.29, 0.717) is 29.2 Å². The van der Waals surface area contributed by atoms with Gasteiger partial charge >= 0.3 is 6.18 Å². The smallest absolute Gasteiger partial charge is 0.416 e. The van der Waals surface area contributed by atoms with Crippen molar-refractivity contribution in [2.45, 2.75) is 18.6 Å². The first kappa shape index (κ1) is 25.2. The molecule has 11 heteroatoms. The van der Waals surface area contributed by atoms with Crippen molar-refractivity contribution in [3.63, 3.8) is 0 Å². The van der Waals surface area contributed by atoms with E-state index in [0.717, 1.165) is 34.7 Å². The molecule has 2 heterocycles. The Bertz CT molecular complexity index is 1410. The van der Waals surface area contributed by atoms with Gasteiger partial charge in [-0.1, -0.05) is 18.2 Å². The summed E-state index contributed by atoms with van der Waals surface area (Å²) in [5.74, 6) is -0.428. The molecule has 0 aliphatic carbocycles. The van der Waals surface area contributed by atoms with E-state index >= 15 is 0 Å². The van der Waals surface area contributed by atoms with Crippen molar-refractivity contribution in [1.82, 2.24) is 9.91 Å². The summed E-state index contributed by atoms with van der Waals surface area (Å²) >= 11 is 0. The van der Waals surface area contributed by atoms with Crippen molar-refractivity contribution in [1.29, 1.82) is 0 Å². The molecule has 1 atom stereocenters. The Morgan fingerprint density at radius 1 is 1.00 bits per heavy atom. The van der Waals surface area contributed by atoms with E-state index in [4.69, 9.17) is 9.47 Å². The predicted molar refractivity (Wildman–Crippen MR) is 128 cm³/mol. The lowest BCUT2D eigenvalue weighted by molar-refractivity contribution is -0.137. The van der Waals surface area contributed by atoms with E-state index in [1.807, 2.05) is 0 Å². The Kier molecular flexibility index (Phi) is 6.52. The highest BCUT2D eigenvalue weighted by Gasteiger charge is 2.35. The quantitative estimate of drug-likeness (QED) is 0.437. The Hall–Kier alpha value is -4.41. The third-order valence-corrected chi connectivity index (χ3v) is 6.30. The van der Waals surface area contributed by atoms with E-state index in [1.165, 1.54) is 24.2 Å². The monoisotopic (exact) mass is 527 g/mol. The van der Waals surface area contributed by atoms with Crippen LogP contribution in [0.5, 0.6) is 11.5 Å². The van der Waals surface area contributed by atoms with Gasteiger partial charge in [0.25, 0.3) is 11.8 Å². The molecular formula is C27H21F4N3O4. The summed E-state index contributed by atoms with van der Waals surface area (Å²) in [5, 5.41) is 5.78. The zero-order valence-electron chi connectivity index (χ0n) is 20.0. The van der Waals surface area contributed by atoms with Crippen LogP contribution in [-0.4, -0.2) is 47.8 Å². The molecule has 0 saturated heterocycles. The van der Waals surface area contributed by atoms with Gasteiger partial charge in [-0.05, 0) is 59.7 Å². The van der Waals surface area contributed by atoms with Gasteiger partial charge in [-0.25, -0.2) is 9.40 Å². The topological polar surface area (TPSA) is 71.4 Å². The minimum atomic E-state index is -4.52. The van der Waals surface area contributed by atoms with Crippen LogP contribution < -0.4 is 9.47 Å². The number of ether oxygens (including phenoxy) is 2. The van der Waals surface area contributed by atoms with Crippen molar-refractivity contribution in [3.05, 3.63) is 94.8 Å². The maximum Gasteiger partial charge on any atom is 0.416 e. The highest BCUT2D eigenvalue weighted by Crippen LogP contribution is 2.39. The number of nitrogens with zero attached hydrogens (tertiary/aromatic N) is 3. The number of halogens is 4. The molecule has 2 amide bonds. The molecule has 5 rings (SSSR count). The molecule has 1 unspecified atom stereocenters. The lowest BCUT2D eigenvalue weighted by Crippen LogP contribution is -2.39. The van der Waals surface area contributed by atoms with Gasteiger partial charge in [0, 0.05) is 19.0 Å². The van der Waals surface area contributed by atoms with Gasteiger partial charge in [0.05, 0.1) is 17.3 Å². The van der Waals surface area contributed by atoms with E-state index in [9.17, 15) is 27.2 Å². The van der Waals surface area contributed by atoms with Gasteiger partial charge < -0.3 is 14.4 Å². The van der Waals surface area contributed by atoms with Crippen LogP contribution in [0, 0.1) is 5.82 Å². The van der Waals surface area contributed by atoms with Crippen LogP contribution in [0.2, 0.25) is 0 Å². The second-order valence-corrected chi connectivity index (χ2v) is 8.86. The fraction of sp³-hybridized carbons (Fsp3) is 0.222. The Labute approximate surface area is 214 Å². The Morgan fingerprint density at radius 3 is 2.37 bits per heavy atom. The van der Waals surface area contributed by atoms with Gasteiger partial charge in [0.2, 0.25) is 6.79 Å². The van der Waals surface area contributed by atoms with Gasteiger partial charge in [0.1, 0.15) is 12.4 Å². The molecule has 3 aromatic carbocycles. The normalized spacial score (nSPS) is 16.4. The molecule has 2 aliphatic heterocycles. The molecule has 0 radical (unpaired) electrons. The molecule has 0 spiro atoms. The summed E-state index contributed by atoms with van der Waals surface area (Å²) in [7, 11) is 1.38. The number of alkyl halides is 3. The van der Waals surface area contributed by atoms with Gasteiger partial charge in [-0.3, -0.25) is 9.59 Å². The molecule has 0 fully saturated rings. The molecule has 0 aromatic heterocycles. The third-order valence-electron chi connectivity index (χ3n) is 6.30. The standard InChI is InChI=1S/C27H21F4N3O4/c1-33(26(36)17-2-7-19(8-3-17)27(29,30)31)14-25(35)34-22(18-6-11-23-24(12-18)38-15-37-23)13-21(32-34)16-4-9-20(28)10-5-16/h2-12,22H,13-15H2,1H3. The van der Waals surface area contributed by atoms with Crippen LogP contribution in [0.15, 0.2) is 71.8 Å². The lowest BCUT2D eigenvalue weighted by atomic mass is 9.98. The highest BCUT2D eigenvalue weighted by molar-refractivity contribution is 6.03. The second kappa shape index (κ2) is 9.81. The molecule has 0 bridgehead atoms. The lowest BCUT2D eigenvalue weighted by Gasteiger charge is -2.25. The summed E-state index contributed by atoms with van der Waals surface area (Å²) < 4.78 is 62.9. The average molecular weight is 527 g/mol. The van der Waals surface area contributed by atoms with Crippen LogP contribution >= 0.6 is 0 Å². The van der Waals surface area contributed by atoms with E-state index in [-0.39, 0.29) is 18.9 Å². The van der Waals surface area contributed by atoms with Crippen molar-refractivity contribution in [2.24, 2.45) is 5.10 Å². The SMILES string of the molecule is CN(CC(=O)N1N=C(c2ccc(F)cc2)CC1c1ccc2c(c1)OCO2)C(=O)c1ccc(C(F)(F)F)cc1. The first-order chi connectivity index (χ1) is 18.1. The van der Waals surface area contributed by atoms with Gasteiger partial charge in [-0.2, -0.15) is 18.3 Å². The fourth-order valence-electron chi connectivity index (χ4n) is 4.31. The highest BCUT2D eigenvalue weighted by atomic mass is 19.4. The van der Waals surface area contributed by atoms with Crippen LogP contribution in [0.25, 0.3) is 0 Å². The molecule has 2 aliphatic rings. The second-order valence-electron chi connectivity index (χ2n) is 8.86. The minimum absolute atomic E-state index is 0.0116. The molecule has 38 heavy (non-hydrogen) atoms. The Morgan fingerprint density at radius 2 is 1.68 bits per heavy atom. The van der Waals surface area contributed by atoms with Crippen LogP contribution in [0.1, 0.15) is 39.5 Å². The van der Waals surface area contributed by atoms with Crippen LogP contribution in [-0.2, 0) is 11.0 Å². The molecule has 0 N–H and O–H groups in total. The molecule has 7 nitrogen and oxygen atoms in total. The number of rotatable bonds is 5. The largest absolute Gasteiger partial charge is 0.454 e. The molecule has 3 aromatic rings.